The lowest BCUT2D eigenvalue weighted by Crippen LogP contribution is -2.45. The van der Waals surface area contributed by atoms with Crippen LogP contribution in [0.2, 0.25) is 0 Å². The number of rotatable bonds is 5. The van der Waals surface area contributed by atoms with E-state index in [0.717, 1.165) is 73.1 Å². The summed E-state index contributed by atoms with van der Waals surface area (Å²) in [5, 5.41) is 4.26. The molecule has 1 aromatic carbocycles. The van der Waals surface area contributed by atoms with Crippen molar-refractivity contribution in [2.24, 2.45) is 5.92 Å². The van der Waals surface area contributed by atoms with Gasteiger partial charge in [0.15, 0.2) is 5.13 Å². The average Bonchev–Trinajstić information content (AvgIpc) is 3.12. The molecule has 0 spiro atoms. The molecule has 0 saturated carbocycles. The van der Waals surface area contributed by atoms with Crippen LogP contribution in [0.4, 0.5) is 5.13 Å². The summed E-state index contributed by atoms with van der Waals surface area (Å²) in [5.74, 6) is 1.22. The highest BCUT2D eigenvalue weighted by Gasteiger charge is 2.28. The van der Waals surface area contributed by atoms with Gasteiger partial charge in [0, 0.05) is 38.3 Å². The Hall–Kier alpha value is -1.86. The molecule has 2 fully saturated rings. The SMILES string of the molecule is CCOc1ccc2nc(N3CCC(C(=O)NC4CCOCC4)CC3)sc2c1. The summed E-state index contributed by atoms with van der Waals surface area (Å²) in [6, 6.07) is 6.35. The Morgan fingerprint density at radius 3 is 2.81 bits per heavy atom. The van der Waals surface area contributed by atoms with Gasteiger partial charge in [-0.15, -0.1) is 0 Å². The molecule has 0 aliphatic carbocycles. The maximum atomic E-state index is 12.6. The van der Waals surface area contributed by atoms with Crippen LogP contribution >= 0.6 is 11.3 Å². The van der Waals surface area contributed by atoms with E-state index in [1.54, 1.807) is 11.3 Å². The van der Waals surface area contributed by atoms with Gasteiger partial charge in [-0.2, -0.15) is 0 Å². The maximum Gasteiger partial charge on any atom is 0.223 e. The number of nitrogens with zero attached hydrogens (tertiary/aromatic N) is 2. The van der Waals surface area contributed by atoms with Gasteiger partial charge in [-0.05, 0) is 50.8 Å². The molecule has 2 saturated heterocycles. The molecule has 146 valence electrons. The van der Waals surface area contributed by atoms with Gasteiger partial charge in [-0.1, -0.05) is 11.3 Å². The minimum absolute atomic E-state index is 0.114. The van der Waals surface area contributed by atoms with Crippen LogP contribution in [0.15, 0.2) is 18.2 Å². The first-order chi connectivity index (χ1) is 13.2. The molecule has 27 heavy (non-hydrogen) atoms. The van der Waals surface area contributed by atoms with Crippen molar-refractivity contribution >= 4 is 32.6 Å². The number of fused-ring (bicyclic) bond motifs is 1. The Morgan fingerprint density at radius 2 is 2.07 bits per heavy atom. The van der Waals surface area contributed by atoms with E-state index in [1.165, 1.54) is 0 Å². The van der Waals surface area contributed by atoms with Gasteiger partial charge in [-0.3, -0.25) is 4.79 Å². The molecule has 1 aromatic heterocycles. The van der Waals surface area contributed by atoms with E-state index in [1.807, 2.05) is 19.1 Å². The zero-order valence-electron chi connectivity index (χ0n) is 15.8. The highest BCUT2D eigenvalue weighted by molar-refractivity contribution is 7.22. The fraction of sp³-hybridized carbons (Fsp3) is 0.600. The van der Waals surface area contributed by atoms with Gasteiger partial charge in [0.2, 0.25) is 5.91 Å². The Morgan fingerprint density at radius 1 is 1.30 bits per heavy atom. The van der Waals surface area contributed by atoms with E-state index in [9.17, 15) is 4.79 Å². The lowest BCUT2D eigenvalue weighted by Gasteiger charge is -2.32. The molecule has 1 N–H and O–H groups in total. The number of amides is 1. The van der Waals surface area contributed by atoms with Crippen LogP contribution in [0.25, 0.3) is 10.2 Å². The first-order valence-electron chi connectivity index (χ1n) is 9.89. The summed E-state index contributed by atoms with van der Waals surface area (Å²) < 4.78 is 12.1. The van der Waals surface area contributed by atoms with E-state index in [2.05, 4.69) is 16.3 Å². The number of carbonyl (C=O) groups is 1. The van der Waals surface area contributed by atoms with Gasteiger partial charge >= 0.3 is 0 Å². The summed E-state index contributed by atoms with van der Waals surface area (Å²) in [6.07, 6.45) is 3.63. The third-order valence-electron chi connectivity index (χ3n) is 5.36. The van der Waals surface area contributed by atoms with Crippen molar-refractivity contribution in [3.8, 4) is 5.75 Å². The number of aromatic nitrogens is 1. The summed E-state index contributed by atoms with van der Waals surface area (Å²) in [7, 11) is 0. The molecule has 7 heteroatoms. The number of piperidine rings is 1. The summed E-state index contributed by atoms with van der Waals surface area (Å²) >= 11 is 1.70. The maximum absolute atomic E-state index is 12.6. The van der Waals surface area contributed by atoms with Crippen LogP contribution in [0.1, 0.15) is 32.6 Å². The Bertz CT molecular complexity index is 780. The second kappa shape index (κ2) is 8.44. The Kier molecular flexibility index (Phi) is 5.78. The summed E-state index contributed by atoms with van der Waals surface area (Å²) in [5.41, 5.74) is 1.01. The number of hydrogen-bond acceptors (Lipinski definition) is 6. The van der Waals surface area contributed by atoms with Crippen molar-refractivity contribution in [2.75, 3.05) is 37.8 Å². The van der Waals surface area contributed by atoms with Gasteiger partial charge < -0.3 is 19.7 Å². The molecular formula is C20H27N3O3S. The molecule has 3 heterocycles. The number of thiazole rings is 1. The van der Waals surface area contributed by atoms with Crippen LogP contribution < -0.4 is 15.0 Å². The molecule has 0 atom stereocenters. The van der Waals surface area contributed by atoms with E-state index in [0.29, 0.717) is 6.61 Å². The van der Waals surface area contributed by atoms with E-state index >= 15 is 0 Å². The summed E-state index contributed by atoms with van der Waals surface area (Å²) in [4.78, 5) is 19.6. The van der Waals surface area contributed by atoms with Gasteiger partial charge in [0.05, 0.1) is 16.8 Å². The monoisotopic (exact) mass is 389 g/mol. The fourth-order valence-corrected chi connectivity index (χ4v) is 4.82. The van der Waals surface area contributed by atoms with Gasteiger partial charge in [0.25, 0.3) is 0 Å². The van der Waals surface area contributed by atoms with Crippen LogP contribution in [0.3, 0.4) is 0 Å². The Balaban J connectivity index is 1.34. The van der Waals surface area contributed by atoms with Crippen molar-refractivity contribution in [1.82, 2.24) is 10.3 Å². The standard InChI is InChI=1S/C20H27N3O3S/c1-2-26-16-3-4-17-18(13-16)27-20(22-17)23-9-5-14(6-10-23)19(24)21-15-7-11-25-12-8-15/h3-4,13-15H,2,5-12H2,1H3,(H,21,24). The predicted octanol–water partition coefficient (Wildman–Crippen LogP) is 3.21. The van der Waals surface area contributed by atoms with Crippen LogP contribution in [0, 0.1) is 5.92 Å². The number of benzene rings is 1. The van der Waals surface area contributed by atoms with Crippen LogP contribution in [-0.4, -0.2) is 49.8 Å². The first-order valence-corrected chi connectivity index (χ1v) is 10.7. The van der Waals surface area contributed by atoms with Crippen molar-refractivity contribution in [1.29, 1.82) is 0 Å². The number of anilines is 1. The molecular weight excluding hydrogens is 362 g/mol. The highest BCUT2D eigenvalue weighted by atomic mass is 32.1. The van der Waals surface area contributed by atoms with Crippen molar-refractivity contribution in [2.45, 2.75) is 38.6 Å². The van der Waals surface area contributed by atoms with Crippen molar-refractivity contribution in [3.05, 3.63) is 18.2 Å². The molecule has 2 aliphatic heterocycles. The number of carbonyl (C=O) groups excluding carboxylic acids is 1. The molecule has 1 amide bonds. The van der Waals surface area contributed by atoms with Crippen molar-refractivity contribution < 1.29 is 14.3 Å². The molecule has 4 rings (SSSR count). The number of nitrogens with one attached hydrogen (secondary N) is 1. The highest BCUT2D eigenvalue weighted by Crippen LogP contribution is 2.33. The Labute approximate surface area is 163 Å². The number of hydrogen-bond donors (Lipinski definition) is 1. The lowest BCUT2D eigenvalue weighted by molar-refractivity contribution is -0.126. The van der Waals surface area contributed by atoms with Crippen LogP contribution in [-0.2, 0) is 9.53 Å². The van der Waals surface area contributed by atoms with Crippen LogP contribution in [0.5, 0.6) is 5.75 Å². The van der Waals surface area contributed by atoms with E-state index in [4.69, 9.17) is 14.5 Å². The molecule has 6 nitrogen and oxygen atoms in total. The molecule has 2 aromatic rings. The third kappa shape index (κ3) is 4.35. The van der Waals surface area contributed by atoms with Crippen molar-refractivity contribution in [3.63, 3.8) is 0 Å². The second-order valence-electron chi connectivity index (χ2n) is 7.22. The normalized spacial score (nSPS) is 19.4. The van der Waals surface area contributed by atoms with E-state index in [-0.39, 0.29) is 17.9 Å². The minimum atomic E-state index is 0.114. The quantitative estimate of drug-likeness (QED) is 0.851. The molecule has 0 bridgehead atoms. The lowest BCUT2D eigenvalue weighted by atomic mass is 9.95. The predicted molar refractivity (Wildman–Crippen MR) is 108 cm³/mol. The van der Waals surface area contributed by atoms with Gasteiger partial charge in [0.1, 0.15) is 5.75 Å². The zero-order valence-corrected chi connectivity index (χ0v) is 16.6. The van der Waals surface area contributed by atoms with Gasteiger partial charge in [-0.25, -0.2) is 4.98 Å². The number of ether oxygens (including phenoxy) is 2. The smallest absolute Gasteiger partial charge is 0.223 e. The average molecular weight is 390 g/mol. The first kappa shape index (κ1) is 18.5. The fourth-order valence-electron chi connectivity index (χ4n) is 3.78. The topological polar surface area (TPSA) is 63.7 Å². The third-order valence-corrected chi connectivity index (χ3v) is 6.44. The second-order valence-corrected chi connectivity index (χ2v) is 8.22. The zero-order chi connectivity index (χ0) is 18.6. The molecule has 0 radical (unpaired) electrons. The van der Waals surface area contributed by atoms with E-state index < -0.39 is 0 Å². The minimum Gasteiger partial charge on any atom is -0.494 e. The molecule has 2 aliphatic rings. The largest absolute Gasteiger partial charge is 0.494 e. The summed E-state index contributed by atoms with van der Waals surface area (Å²) in [6.45, 7) is 5.93. The molecule has 0 unspecified atom stereocenters.